The number of halogens is 2. The quantitative estimate of drug-likeness (QED) is 0.579. The van der Waals surface area contributed by atoms with Gasteiger partial charge in [0, 0.05) is 24.3 Å². The second-order valence-corrected chi connectivity index (χ2v) is 9.70. The van der Waals surface area contributed by atoms with Crippen molar-refractivity contribution in [2.75, 3.05) is 23.3 Å². The van der Waals surface area contributed by atoms with Crippen LogP contribution in [0.5, 0.6) is 0 Å². The van der Waals surface area contributed by atoms with Crippen molar-refractivity contribution < 1.29 is 22.0 Å². The maximum absolute atomic E-state index is 14.5. The van der Waals surface area contributed by atoms with E-state index in [1.165, 1.54) is 24.3 Å². The highest BCUT2D eigenvalue weighted by atomic mass is 32.2. The maximum atomic E-state index is 14.5. The molecule has 0 saturated carbocycles. The van der Waals surface area contributed by atoms with Crippen LogP contribution in [0.3, 0.4) is 0 Å². The topological polar surface area (TPSA) is 66.5 Å². The largest absolute Gasteiger partial charge is 0.367 e. The minimum Gasteiger partial charge on any atom is -0.367 e. The van der Waals surface area contributed by atoms with Gasteiger partial charge in [0.05, 0.1) is 10.6 Å². The number of hydrogen-bond donors (Lipinski definition) is 1. The van der Waals surface area contributed by atoms with Crippen molar-refractivity contribution in [1.29, 1.82) is 0 Å². The fraction of sp³-hybridized carbons (Fsp3) is 0.208. The second kappa shape index (κ2) is 9.08. The van der Waals surface area contributed by atoms with Gasteiger partial charge in [-0.1, -0.05) is 30.3 Å². The average molecular weight is 457 g/mol. The van der Waals surface area contributed by atoms with Crippen LogP contribution in [0.2, 0.25) is 0 Å². The lowest BCUT2D eigenvalue weighted by molar-refractivity contribution is 0.102. The second-order valence-electron chi connectivity index (χ2n) is 7.71. The molecule has 1 heterocycles. The highest BCUT2D eigenvalue weighted by Gasteiger charge is 2.22. The van der Waals surface area contributed by atoms with Crippen LogP contribution in [-0.4, -0.2) is 27.4 Å². The van der Waals surface area contributed by atoms with Crippen molar-refractivity contribution >= 4 is 27.1 Å². The van der Waals surface area contributed by atoms with Crippen LogP contribution in [0.4, 0.5) is 20.2 Å². The van der Waals surface area contributed by atoms with E-state index in [1.807, 2.05) is 0 Å². The Labute approximate surface area is 185 Å². The normalized spacial score (nSPS) is 13.9. The summed E-state index contributed by atoms with van der Waals surface area (Å²) in [6.45, 7) is 1.19. The predicted octanol–water partition coefficient (Wildman–Crippen LogP) is 4.79. The van der Waals surface area contributed by atoms with Gasteiger partial charge in [-0.3, -0.25) is 4.79 Å². The number of carbonyl (C=O) groups is 1. The van der Waals surface area contributed by atoms with Crippen molar-refractivity contribution in [3.63, 3.8) is 0 Å². The summed E-state index contributed by atoms with van der Waals surface area (Å²) in [6.07, 6.45) is 1.77. The molecular weight excluding hydrogens is 434 g/mol. The van der Waals surface area contributed by atoms with E-state index in [9.17, 15) is 22.0 Å². The summed E-state index contributed by atoms with van der Waals surface area (Å²) in [7, 11) is -3.57. The lowest BCUT2D eigenvalue weighted by Crippen LogP contribution is -2.21. The molecule has 8 heteroatoms. The monoisotopic (exact) mass is 456 g/mol. The number of benzene rings is 3. The Bertz CT molecular complexity index is 1220. The van der Waals surface area contributed by atoms with Crippen molar-refractivity contribution in [3.8, 4) is 0 Å². The Hall–Kier alpha value is -3.26. The molecule has 1 N–H and O–H groups in total. The van der Waals surface area contributed by atoms with Crippen LogP contribution in [0.25, 0.3) is 0 Å². The van der Waals surface area contributed by atoms with Gasteiger partial charge in [-0.05, 0) is 54.8 Å². The van der Waals surface area contributed by atoms with E-state index >= 15 is 0 Å². The molecule has 3 aromatic rings. The zero-order valence-electron chi connectivity index (χ0n) is 17.2. The van der Waals surface area contributed by atoms with E-state index in [4.69, 9.17) is 0 Å². The van der Waals surface area contributed by atoms with E-state index < -0.39 is 27.4 Å². The number of hydrogen-bond acceptors (Lipinski definition) is 4. The number of nitrogens with one attached hydrogen (secondary N) is 1. The van der Waals surface area contributed by atoms with E-state index in [2.05, 4.69) is 5.32 Å². The van der Waals surface area contributed by atoms with Crippen molar-refractivity contribution in [2.45, 2.75) is 23.5 Å². The molecule has 0 unspecified atom stereocenters. The molecule has 1 aliphatic heterocycles. The Balaban J connectivity index is 1.51. The van der Waals surface area contributed by atoms with Gasteiger partial charge in [0.2, 0.25) is 0 Å². The molecule has 0 aliphatic carbocycles. The summed E-state index contributed by atoms with van der Waals surface area (Å²) in [5, 5.41) is 2.49. The summed E-state index contributed by atoms with van der Waals surface area (Å²) in [4.78, 5) is 14.5. The van der Waals surface area contributed by atoms with E-state index in [0.717, 1.165) is 25.0 Å². The minimum atomic E-state index is -3.57. The van der Waals surface area contributed by atoms with E-state index in [1.54, 1.807) is 35.2 Å². The molecule has 1 amide bonds. The van der Waals surface area contributed by atoms with Crippen molar-refractivity contribution in [1.82, 2.24) is 0 Å². The molecule has 4 rings (SSSR count). The lowest BCUT2D eigenvalue weighted by atomic mass is 10.1. The van der Waals surface area contributed by atoms with Crippen molar-refractivity contribution in [2.24, 2.45) is 0 Å². The Morgan fingerprint density at radius 1 is 0.906 bits per heavy atom. The first-order chi connectivity index (χ1) is 15.3. The number of anilines is 2. The lowest BCUT2D eigenvalue weighted by Gasteiger charge is -2.20. The van der Waals surface area contributed by atoms with Gasteiger partial charge in [0.1, 0.15) is 5.69 Å². The molecule has 0 spiro atoms. The molecule has 5 nitrogen and oxygen atoms in total. The molecule has 0 bridgehead atoms. The van der Waals surface area contributed by atoms with E-state index in [-0.39, 0.29) is 27.6 Å². The summed E-state index contributed by atoms with van der Waals surface area (Å²) in [5.74, 6) is -2.32. The van der Waals surface area contributed by atoms with Crippen LogP contribution < -0.4 is 10.2 Å². The highest BCUT2D eigenvalue weighted by Crippen LogP contribution is 2.30. The summed E-state index contributed by atoms with van der Waals surface area (Å²) < 4.78 is 54.3. The van der Waals surface area contributed by atoms with Gasteiger partial charge in [-0.25, -0.2) is 17.2 Å². The third kappa shape index (κ3) is 4.80. The maximum Gasteiger partial charge on any atom is 0.255 e. The Kier molecular flexibility index (Phi) is 6.23. The smallest absolute Gasteiger partial charge is 0.255 e. The number of carbonyl (C=O) groups excluding carboxylic acids is 1. The first-order valence-corrected chi connectivity index (χ1v) is 11.9. The summed E-state index contributed by atoms with van der Waals surface area (Å²) in [5.41, 5.74) is 0.544. The SMILES string of the molecule is O=C(Nc1cc(F)c(N2CCCC2)c(F)c1)c1cccc(CS(=O)(=O)c2ccccc2)c1. The molecule has 3 aromatic carbocycles. The number of sulfone groups is 1. The predicted molar refractivity (Wildman–Crippen MR) is 120 cm³/mol. The molecule has 0 atom stereocenters. The zero-order valence-corrected chi connectivity index (χ0v) is 18.0. The third-order valence-corrected chi connectivity index (χ3v) is 7.05. The van der Waals surface area contributed by atoms with Gasteiger partial charge in [0.15, 0.2) is 21.5 Å². The highest BCUT2D eigenvalue weighted by molar-refractivity contribution is 7.90. The molecule has 0 radical (unpaired) electrons. The molecule has 1 saturated heterocycles. The van der Waals surface area contributed by atoms with Gasteiger partial charge in [0.25, 0.3) is 5.91 Å². The molecular formula is C24H22F2N2O3S. The first-order valence-electron chi connectivity index (χ1n) is 10.3. The van der Waals surface area contributed by atoms with Gasteiger partial charge in [-0.2, -0.15) is 0 Å². The van der Waals surface area contributed by atoms with Gasteiger partial charge >= 0.3 is 0 Å². The number of amides is 1. The Morgan fingerprint density at radius 2 is 1.56 bits per heavy atom. The van der Waals surface area contributed by atoms with Crippen LogP contribution in [0.15, 0.2) is 71.6 Å². The van der Waals surface area contributed by atoms with Crippen LogP contribution in [0, 0.1) is 11.6 Å². The number of rotatable bonds is 6. The standard InChI is InChI=1S/C24H22F2N2O3S/c25-21-14-19(15-22(26)23(21)28-11-4-5-12-28)27-24(29)18-8-6-7-17(13-18)16-32(30,31)20-9-2-1-3-10-20/h1-3,6-10,13-15H,4-5,11-12,16H2,(H,27,29). The van der Waals surface area contributed by atoms with Crippen LogP contribution in [-0.2, 0) is 15.6 Å². The van der Waals surface area contributed by atoms with Crippen molar-refractivity contribution in [3.05, 3.63) is 89.5 Å². The molecule has 0 aromatic heterocycles. The fourth-order valence-electron chi connectivity index (χ4n) is 3.82. The van der Waals surface area contributed by atoms with Gasteiger partial charge in [-0.15, -0.1) is 0 Å². The molecule has 1 fully saturated rings. The van der Waals surface area contributed by atoms with E-state index in [0.29, 0.717) is 18.7 Å². The summed E-state index contributed by atoms with van der Waals surface area (Å²) >= 11 is 0. The summed E-state index contributed by atoms with van der Waals surface area (Å²) in [6, 6.07) is 16.4. The van der Waals surface area contributed by atoms with Crippen LogP contribution in [0.1, 0.15) is 28.8 Å². The molecule has 1 aliphatic rings. The van der Waals surface area contributed by atoms with Crippen LogP contribution >= 0.6 is 0 Å². The number of nitrogens with zero attached hydrogens (tertiary/aromatic N) is 1. The molecule has 32 heavy (non-hydrogen) atoms. The first kappa shape index (κ1) is 22.0. The molecule has 166 valence electrons. The Morgan fingerprint density at radius 3 is 2.22 bits per heavy atom. The van der Waals surface area contributed by atoms with Gasteiger partial charge < -0.3 is 10.2 Å². The average Bonchev–Trinajstić information content (AvgIpc) is 3.28. The fourth-order valence-corrected chi connectivity index (χ4v) is 5.17. The third-order valence-electron chi connectivity index (χ3n) is 5.35. The zero-order chi connectivity index (χ0) is 22.7. The minimum absolute atomic E-state index is 0.00439.